The summed E-state index contributed by atoms with van der Waals surface area (Å²) < 4.78 is 1.41. The lowest BCUT2D eigenvalue weighted by Crippen LogP contribution is -2.04. The molecule has 1 heteroatoms. The Morgan fingerprint density at radius 2 is 1.80 bits per heavy atom. The lowest BCUT2D eigenvalue weighted by atomic mass is 9.85. The monoisotopic (exact) mass is 276 g/mol. The van der Waals surface area contributed by atoms with Gasteiger partial charge in [-0.05, 0) is 41.5 Å². The van der Waals surface area contributed by atoms with Crippen molar-refractivity contribution >= 4 is 27.5 Å². The molecule has 1 aromatic heterocycles. The normalized spacial score (nSPS) is 17.4. The summed E-state index contributed by atoms with van der Waals surface area (Å²) in [5.41, 5.74) is 4.31. The van der Waals surface area contributed by atoms with Gasteiger partial charge in [0.15, 0.2) is 0 Å². The SMILES string of the molecule is Cc1ccccc1C1CC=Cc2c1sc1ccccc21. The molecule has 3 aromatic rings. The molecule has 1 unspecified atom stereocenters. The quantitative estimate of drug-likeness (QED) is 0.530. The maximum absolute atomic E-state index is 2.33. The van der Waals surface area contributed by atoms with E-state index in [9.17, 15) is 0 Å². The van der Waals surface area contributed by atoms with Gasteiger partial charge in [0, 0.05) is 15.5 Å². The lowest BCUT2D eigenvalue weighted by molar-refractivity contribution is 0.832. The molecule has 0 saturated carbocycles. The number of hydrogen-bond donors (Lipinski definition) is 0. The van der Waals surface area contributed by atoms with Gasteiger partial charge in [0.05, 0.1) is 0 Å². The van der Waals surface area contributed by atoms with Crippen LogP contribution in [-0.2, 0) is 0 Å². The summed E-state index contributed by atoms with van der Waals surface area (Å²) in [6.45, 7) is 2.22. The Kier molecular flexibility index (Phi) is 2.75. The van der Waals surface area contributed by atoms with E-state index in [0.29, 0.717) is 5.92 Å². The van der Waals surface area contributed by atoms with Crippen LogP contribution in [0.25, 0.3) is 16.2 Å². The number of benzene rings is 2. The minimum Gasteiger partial charge on any atom is -0.139 e. The summed E-state index contributed by atoms with van der Waals surface area (Å²) in [5, 5.41) is 1.40. The van der Waals surface area contributed by atoms with E-state index in [1.54, 1.807) is 0 Å². The maximum Gasteiger partial charge on any atom is 0.0352 e. The molecule has 1 atom stereocenters. The first-order chi connectivity index (χ1) is 9.84. The highest BCUT2D eigenvalue weighted by molar-refractivity contribution is 7.19. The molecule has 0 amide bonds. The van der Waals surface area contributed by atoms with Crippen LogP contribution in [0, 0.1) is 6.92 Å². The van der Waals surface area contributed by atoms with Crippen LogP contribution < -0.4 is 0 Å². The zero-order valence-corrected chi connectivity index (χ0v) is 12.3. The molecule has 1 heterocycles. The fourth-order valence-electron chi connectivity index (χ4n) is 3.19. The van der Waals surface area contributed by atoms with Crippen molar-refractivity contribution in [1.29, 1.82) is 0 Å². The Labute approximate surface area is 123 Å². The average Bonchev–Trinajstić information content (AvgIpc) is 2.86. The van der Waals surface area contributed by atoms with Crippen molar-refractivity contribution in [2.45, 2.75) is 19.3 Å². The van der Waals surface area contributed by atoms with Gasteiger partial charge in [-0.25, -0.2) is 0 Å². The van der Waals surface area contributed by atoms with Gasteiger partial charge in [-0.3, -0.25) is 0 Å². The zero-order chi connectivity index (χ0) is 13.5. The van der Waals surface area contributed by atoms with Crippen LogP contribution >= 0.6 is 11.3 Å². The Bertz CT molecular complexity index is 807. The fraction of sp³-hybridized carbons (Fsp3) is 0.158. The minimum atomic E-state index is 0.522. The highest BCUT2D eigenvalue weighted by Crippen LogP contribution is 2.44. The Morgan fingerprint density at radius 1 is 1.00 bits per heavy atom. The summed E-state index contributed by atoms with van der Waals surface area (Å²) in [5.74, 6) is 0.522. The maximum atomic E-state index is 2.33. The molecule has 0 bridgehead atoms. The van der Waals surface area contributed by atoms with Crippen molar-refractivity contribution in [2.75, 3.05) is 0 Å². The van der Waals surface area contributed by atoms with Crippen molar-refractivity contribution in [2.24, 2.45) is 0 Å². The Hall–Kier alpha value is -1.86. The first-order valence-corrected chi connectivity index (χ1v) is 7.90. The predicted molar refractivity (Wildman–Crippen MR) is 88.5 cm³/mol. The number of aryl methyl sites for hydroxylation is 1. The lowest BCUT2D eigenvalue weighted by Gasteiger charge is -2.21. The van der Waals surface area contributed by atoms with Crippen LogP contribution in [0.15, 0.2) is 54.6 Å². The van der Waals surface area contributed by atoms with E-state index in [-0.39, 0.29) is 0 Å². The summed E-state index contributed by atoms with van der Waals surface area (Å²) >= 11 is 1.96. The van der Waals surface area contributed by atoms with Gasteiger partial charge < -0.3 is 0 Å². The van der Waals surface area contributed by atoms with E-state index < -0.39 is 0 Å². The molecule has 98 valence electrons. The van der Waals surface area contributed by atoms with Crippen LogP contribution in [0.2, 0.25) is 0 Å². The van der Waals surface area contributed by atoms with Crippen molar-refractivity contribution in [3.8, 4) is 0 Å². The smallest absolute Gasteiger partial charge is 0.0352 e. The highest BCUT2D eigenvalue weighted by atomic mass is 32.1. The molecular weight excluding hydrogens is 260 g/mol. The van der Waals surface area contributed by atoms with E-state index in [0.717, 1.165) is 6.42 Å². The van der Waals surface area contributed by atoms with E-state index >= 15 is 0 Å². The van der Waals surface area contributed by atoms with Crippen molar-refractivity contribution in [3.05, 3.63) is 76.2 Å². The van der Waals surface area contributed by atoms with Crippen LogP contribution in [0.5, 0.6) is 0 Å². The highest BCUT2D eigenvalue weighted by Gasteiger charge is 2.23. The van der Waals surface area contributed by atoms with E-state index in [1.165, 1.54) is 31.7 Å². The second kappa shape index (κ2) is 4.60. The molecule has 2 aromatic carbocycles. The number of thiophene rings is 1. The third-order valence-electron chi connectivity index (χ3n) is 4.20. The number of allylic oxidation sites excluding steroid dienone is 1. The van der Waals surface area contributed by atoms with Gasteiger partial charge in [0.25, 0.3) is 0 Å². The van der Waals surface area contributed by atoms with Gasteiger partial charge >= 0.3 is 0 Å². The van der Waals surface area contributed by atoms with Crippen molar-refractivity contribution in [1.82, 2.24) is 0 Å². The number of rotatable bonds is 1. The van der Waals surface area contributed by atoms with E-state index in [2.05, 4.69) is 67.6 Å². The van der Waals surface area contributed by atoms with Gasteiger partial charge in [-0.15, -0.1) is 11.3 Å². The van der Waals surface area contributed by atoms with E-state index in [1.807, 2.05) is 11.3 Å². The molecule has 0 radical (unpaired) electrons. The molecule has 0 aliphatic heterocycles. The van der Waals surface area contributed by atoms with Crippen molar-refractivity contribution in [3.63, 3.8) is 0 Å². The molecule has 0 N–H and O–H groups in total. The molecule has 1 aliphatic carbocycles. The molecule has 0 spiro atoms. The molecule has 4 rings (SSSR count). The number of hydrogen-bond acceptors (Lipinski definition) is 1. The number of fused-ring (bicyclic) bond motifs is 3. The molecule has 0 saturated heterocycles. The summed E-state index contributed by atoms with van der Waals surface area (Å²) in [7, 11) is 0. The molecule has 0 fully saturated rings. The van der Waals surface area contributed by atoms with Gasteiger partial charge in [-0.1, -0.05) is 54.6 Å². The van der Waals surface area contributed by atoms with Gasteiger partial charge in [0.1, 0.15) is 0 Å². The van der Waals surface area contributed by atoms with Crippen molar-refractivity contribution < 1.29 is 0 Å². The largest absolute Gasteiger partial charge is 0.139 e. The Morgan fingerprint density at radius 3 is 2.70 bits per heavy atom. The van der Waals surface area contributed by atoms with Crippen LogP contribution in [0.3, 0.4) is 0 Å². The predicted octanol–water partition coefficient (Wildman–Crippen LogP) is 5.76. The Balaban J connectivity index is 1.95. The molecule has 20 heavy (non-hydrogen) atoms. The third kappa shape index (κ3) is 1.74. The minimum absolute atomic E-state index is 0.522. The molecule has 0 nitrogen and oxygen atoms in total. The van der Waals surface area contributed by atoms with Crippen LogP contribution in [-0.4, -0.2) is 0 Å². The zero-order valence-electron chi connectivity index (χ0n) is 11.5. The van der Waals surface area contributed by atoms with Crippen LogP contribution in [0.4, 0.5) is 0 Å². The van der Waals surface area contributed by atoms with Crippen LogP contribution in [0.1, 0.15) is 33.9 Å². The second-order valence-corrected chi connectivity index (χ2v) is 6.51. The summed E-state index contributed by atoms with van der Waals surface area (Å²) in [6.07, 6.45) is 5.76. The standard InChI is InChI=1S/C19H16S/c1-13-7-2-3-8-14(13)16-10-6-11-17-15-9-4-5-12-18(15)20-19(16)17/h2-9,11-12,16H,10H2,1H3. The topological polar surface area (TPSA) is 0 Å². The third-order valence-corrected chi connectivity index (χ3v) is 5.50. The fourth-order valence-corrected chi connectivity index (χ4v) is 4.51. The van der Waals surface area contributed by atoms with E-state index in [4.69, 9.17) is 0 Å². The van der Waals surface area contributed by atoms with Gasteiger partial charge in [-0.2, -0.15) is 0 Å². The average molecular weight is 276 g/mol. The first kappa shape index (κ1) is 11.9. The first-order valence-electron chi connectivity index (χ1n) is 7.08. The second-order valence-electron chi connectivity index (χ2n) is 5.42. The molecule has 1 aliphatic rings. The summed E-state index contributed by atoms with van der Waals surface area (Å²) in [6, 6.07) is 17.6. The molecular formula is C19H16S. The summed E-state index contributed by atoms with van der Waals surface area (Å²) in [4.78, 5) is 1.53. The van der Waals surface area contributed by atoms with Gasteiger partial charge in [0.2, 0.25) is 0 Å².